The summed E-state index contributed by atoms with van der Waals surface area (Å²) in [5.41, 5.74) is 9.09. The molecular weight excluding hydrogens is 733 g/mol. The number of nitrogens with one attached hydrogen (secondary N) is 3. The summed E-state index contributed by atoms with van der Waals surface area (Å²) in [4.78, 5) is 57.6. The zero-order valence-corrected chi connectivity index (χ0v) is 33.8. The Labute approximate surface area is 345 Å². The van der Waals surface area contributed by atoms with Crippen LogP contribution in [0.25, 0.3) is 33.2 Å². The van der Waals surface area contributed by atoms with Gasteiger partial charge in [-0.1, -0.05) is 97.9 Å². The Morgan fingerprint density at radius 2 is 1.24 bits per heavy atom. The second kappa shape index (κ2) is 24.9. The third-order valence-electron chi connectivity index (χ3n) is 9.35. The highest BCUT2D eigenvalue weighted by Gasteiger charge is 2.31. The molecule has 2 saturated heterocycles. The Bertz CT molecular complexity index is 1930. The molecule has 0 spiro atoms. The number of carbonyl (C=O) groups is 4. The van der Waals surface area contributed by atoms with E-state index in [1.54, 1.807) is 4.90 Å². The number of methoxy groups -OCH3 is 2. The van der Waals surface area contributed by atoms with E-state index in [-0.39, 0.29) is 45.8 Å². The molecule has 3 aliphatic heterocycles. The van der Waals surface area contributed by atoms with Crippen LogP contribution >= 0.6 is 0 Å². The number of hydrogen-bond acceptors (Lipinski definition) is 7. The van der Waals surface area contributed by atoms with Crippen molar-refractivity contribution in [3.63, 3.8) is 0 Å². The largest absolute Gasteiger partial charge is 0.453 e. The molecule has 58 heavy (non-hydrogen) atoms. The number of hydrogen-bond donors (Lipinski definition) is 3. The Morgan fingerprint density at radius 3 is 1.83 bits per heavy atom. The van der Waals surface area contributed by atoms with Gasteiger partial charge >= 0.3 is 12.2 Å². The number of ether oxygens (including phenoxy) is 2. The molecule has 4 amide bonds. The first-order chi connectivity index (χ1) is 27.1. The van der Waals surface area contributed by atoms with Crippen molar-refractivity contribution in [3.05, 3.63) is 78.0 Å². The predicted molar refractivity (Wildman–Crippen MR) is 237 cm³/mol. The number of amides is 4. The number of H-pyrrole nitrogens is 1. The van der Waals surface area contributed by atoms with E-state index in [9.17, 15) is 19.2 Å². The summed E-state index contributed by atoms with van der Waals surface area (Å²) in [7, 11) is 2.56. The summed E-state index contributed by atoms with van der Waals surface area (Å²) < 4.78 is 8.92. The molecule has 7 rings (SSSR count). The first-order valence-corrected chi connectivity index (χ1v) is 19.8. The van der Waals surface area contributed by atoms with Crippen LogP contribution in [0.5, 0.6) is 0 Å². The molecule has 12 nitrogen and oxygen atoms in total. The van der Waals surface area contributed by atoms with Crippen molar-refractivity contribution in [2.24, 2.45) is 4.99 Å². The minimum absolute atomic E-state index is 0. The van der Waals surface area contributed by atoms with Gasteiger partial charge in [0.1, 0.15) is 13.1 Å². The Hall–Kier alpha value is -5.65. The average molecular weight is 799 g/mol. The lowest BCUT2D eigenvalue weighted by Crippen LogP contribution is -2.39. The molecule has 4 heterocycles. The van der Waals surface area contributed by atoms with Gasteiger partial charge in [-0.15, -0.1) is 0 Å². The van der Waals surface area contributed by atoms with Crippen LogP contribution in [0.3, 0.4) is 0 Å². The number of rotatable bonds is 7. The molecule has 2 fully saturated rings. The zero-order valence-electron chi connectivity index (χ0n) is 33.8. The Kier molecular flexibility index (Phi) is 20.8. The molecule has 4 aromatic rings. The highest BCUT2D eigenvalue weighted by molar-refractivity contribution is 5.87. The lowest BCUT2D eigenvalue weighted by atomic mass is 9.98. The average Bonchev–Trinajstić information content (AvgIpc) is 4.06. The van der Waals surface area contributed by atoms with Crippen LogP contribution in [0, 0.1) is 0 Å². The molecule has 12 heteroatoms. The van der Waals surface area contributed by atoms with E-state index in [2.05, 4.69) is 125 Å². The summed E-state index contributed by atoms with van der Waals surface area (Å²) in [6, 6.07) is 23.6. The first kappa shape index (κ1) is 48.5. The maximum Gasteiger partial charge on any atom is 0.407 e. The van der Waals surface area contributed by atoms with Gasteiger partial charge in [0, 0.05) is 43.5 Å². The van der Waals surface area contributed by atoms with E-state index in [0.717, 1.165) is 78.6 Å². The number of aliphatic imine (C=N–C) groups is 1. The third kappa shape index (κ3) is 13.5. The van der Waals surface area contributed by atoms with Gasteiger partial charge in [-0.05, 0) is 83.2 Å². The smallest absolute Gasteiger partial charge is 0.407 e. The van der Waals surface area contributed by atoms with Crippen LogP contribution in [0.4, 0.5) is 15.3 Å². The highest BCUT2D eigenvalue weighted by atomic mass is 16.5. The molecule has 0 radical (unpaired) electrons. The van der Waals surface area contributed by atoms with E-state index in [0.29, 0.717) is 6.54 Å². The maximum absolute atomic E-state index is 12.7. The molecule has 1 atom stereocenters. The number of carbonyl (C=O) groups excluding carboxylic acids is 4. The van der Waals surface area contributed by atoms with Gasteiger partial charge in [0.25, 0.3) is 0 Å². The van der Waals surface area contributed by atoms with Crippen LogP contribution in [0.15, 0.2) is 71.7 Å². The fourth-order valence-electron chi connectivity index (χ4n) is 6.67. The lowest BCUT2D eigenvalue weighted by Gasteiger charge is -2.24. The summed E-state index contributed by atoms with van der Waals surface area (Å²) in [5.74, 6) is -0.147. The van der Waals surface area contributed by atoms with Crippen LogP contribution in [0.1, 0.15) is 98.4 Å². The quantitative estimate of drug-likeness (QED) is 0.170. The fraction of sp³-hybridized carbons (Fsp3) is 0.457. The number of aromatic amines is 1. The fourth-order valence-corrected chi connectivity index (χ4v) is 6.67. The van der Waals surface area contributed by atoms with Crippen LogP contribution in [-0.4, -0.2) is 91.9 Å². The minimum Gasteiger partial charge on any atom is -0.453 e. The molecule has 3 aromatic carbocycles. The molecule has 3 aliphatic rings. The maximum atomic E-state index is 12.7. The van der Waals surface area contributed by atoms with Crippen molar-refractivity contribution in [3.8, 4) is 22.3 Å². The number of benzene rings is 3. The van der Waals surface area contributed by atoms with Gasteiger partial charge < -0.3 is 34.9 Å². The summed E-state index contributed by atoms with van der Waals surface area (Å²) in [5, 5.41) is 5.96. The van der Waals surface area contributed by atoms with Crippen molar-refractivity contribution >= 4 is 46.8 Å². The molecular formula is C46H66N6O6. The normalized spacial score (nSPS) is 14.5. The molecule has 316 valence electrons. The Balaban J connectivity index is 0.000000464. The molecule has 0 bridgehead atoms. The molecule has 0 aliphatic carbocycles. The standard InChI is InChI=1S/C30H28N4O3.C8H14N2O3.2C3H8.2CH4/c1-37-30(36)32-18-29(35)34-14-2-3-28(34)27-17-23-9-8-22(16-26(23)33-27)20-6-4-19(5-7-20)21-10-11-25-24(15-21)12-13-31-25;1-13-8(12)9-6-7(11)10-4-2-3-5-10;2*1-3-2;;/h4-11,13,15-17,28,33H,2-3,12,14,18H2,1H3,(H,32,36);2-6H2,1H3,(H,9,12);2*3H2,1-2H3;2*1H4. The Morgan fingerprint density at radius 1 is 0.707 bits per heavy atom. The number of nitrogens with zero attached hydrogens (tertiary/aromatic N) is 3. The van der Waals surface area contributed by atoms with Crippen molar-refractivity contribution in [2.75, 3.05) is 46.9 Å². The minimum atomic E-state index is -0.600. The van der Waals surface area contributed by atoms with Crippen molar-refractivity contribution in [1.82, 2.24) is 25.4 Å². The predicted octanol–water partition coefficient (Wildman–Crippen LogP) is 9.85. The molecule has 1 aromatic heterocycles. The number of fused-ring (bicyclic) bond motifs is 2. The molecule has 0 saturated carbocycles. The topological polar surface area (TPSA) is 145 Å². The summed E-state index contributed by atoms with van der Waals surface area (Å²) in [6.45, 7) is 10.8. The monoisotopic (exact) mass is 799 g/mol. The molecule has 3 N–H and O–H groups in total. The lowest BCUT2D eigenvalue weighted by molar-refractivity contribution is -0.131. The van der Waals surface area contributed by atoms with Gasteiger partial charge in [0.2, 0.25) is 11.8 Å². The zero-order chi connectivity index (χ0) is 40.5. The molecule has 1 unspecified atom stereocenters. The van der Waals surface area contributed by atoms with Gasteiger partial charge in [-0.25, -0.2) is 9.59 Å². The second-order valence-electron chi connectivity index (χ2n) is 13.9. The van der Waals surface area contributed by atoms with Crippen molar-refractivity contribution in [1.29, 1.82) is 0 Å². The summed E-state index contributed by atoms with van der Waals surface area (Å²) >= 11 is 0. The van der Waals surface area contributed by atoms with Crippen molar-refractivity contribution < 1.29 is 28.7 Å². The highest BCUT2D eigenvalue weighted by Crippen LogP contribution is 2.35. The van der Waals surface area contributed by atoms with E-state index >= 15 is 0 Å². The van der Waals surface area contributed by atoms with E-state index in [1.165, 1.54) is 43.8 Å². The van der Waals surface area contributed by atoms with E-state index in [1.807, 2.05) is 11.1 Å². The SMILES string of the molecule is C.C.CCC.CCC.COC(=O)NCC(=O)N1CCCC1.COC(=O)NCC(=O)N1CCCC1c1cc2ccc(-c3ccc(-c4ccc5c(c4)CC=N5)cc3)cc2[nH]1. The summed E-state index contributed by atoms with van der Waals surface area (Å²) in [6.07, 6.45) is 8.14. The van der Waals surface area contributed by atoms with Crippen LogP contribution < -0.4 is 10.6 Å². The van der Waals surface area contributed by atoms with Crippen LogP contribution in [0.2, 0.25) is 0 Å². The van der Waals surface area contributed by atoms with Crippen LogP contribution in [-0.2, 0) is 25.5 Å². The van der Waals surface area contributed by atoms with Crippen molar-refractivity contribution in [2.45, 2.75) is 93.5 Å². The van der Waals surface area contributed by atoms with Gasteiger partial charge in [0.15, 0.2) is 0 Å². The second-order valence-corrected chi connectivity index (χ2v) is 13.9. The van der Waals surface area contributed by atoms with Gasteiger partial charge in [-0.3, -0.25) is 14.6 Å². The number of likely N-dealkylation sites (tertiary alicyclic amines) is 2. The third-order valence-corrected chi connectivity index (χ3v) is 9.35. The van der Waals surface area contributed by atoms with Gasteiger partial charge in [0.05, 0.1) is 25.9 Å². The van der Waals surface area contributed by atoms with Gasteiger partial charge in [-0.2, -0.15) is 0 Å². The number of aromatic nitrogens is 1. The number of alkyl carbamates (subject to hydrolysis) is 2. The first-order valence-electron chi connectivity index (χ1n) is 19.8. The van der Waals surface area contributed by atoms with E-state index in [4.69, 9.17) is 0 Å². The van der Waals surface area contributed by atoms with E-state index < -0.39 is 12.2 Å².